The largest absolute Gasteiger partial charge is 0.456 e. The number of nitrogens with one attached hydrogen (secondary N) is 2. The summed E-state index contributed by atoms with van der Waals surface area (Å²) in [7, 11) is 0. The van der Waals surface area contributed by atoms with E-state index in [-0.39, 0.29) is 13.0 Å². The summed E-state index contributed by atoms with van der Waals surface area (Å²) in [6.07, 6.45) is 4.32. The number of carbonyl (C=O) groups is 3. The second-order valence-corrected chi connectivity index (χ2v) is 11.3. The van der Waals surface area contributed by atoms with E-state index >= 15 is 0 Å². The molecule has 0 saturated carbocycles. The topological polar surface area (TPSA) is 166 Å². The third kappa shape index (κ3) is 8.82. The molecule has 0 aliphatic heterocycles. The van der Waals surface area contributed by atoms with Crippen molar-refractivity contribution in [2.24, 2.45) is 0 Å². The van der Waals surface area contributed by atoms with Gasteiger partial charge in [0, 0.05) is 34.5 Å². The lowest BCUT2D eigenvalue weighted by molar-refractivity contribution is -0.123. The molecule has 3 N–H and O–H groups in total. The van der Waals surface area contributed by atoms with Crippen LogP contribution in [0.3, 0.4) is 0 Å². The van der Waals surface area contributed by atoms with Gasteiger partial charge in [-0.2, -0.15) is 9.78 Å². The molecule has 0 radical (unpaired) electrons. The average Bonchev–Trinajstić information content (AvgIpc) is 3.61. The van der Waals surface area contributed by atoms with E-state index in [0.717, 1.165) is 5.69 Å². The minimum atomic E-state index is -1.02. The highest BCUT2D eigenvalue weighted by Crippen LogP contribution is 2.20. The van der Waals surface area contributed by atoms with Gasteiger partial charge in [-0.25, -0.2) is 4.79 Å². The van der Waals surface area contributed by atoms with Crippen LogP contribution in [0.5, 0.6) is 0 Å². The molecule has 0 aliphatic carbocycles. The predicted molar refractivity (Wildman–Crippen MR) is 163 cm³/mol. The van der Waals surface area contributed by atoms with E-state index in [1.165, 1.54) is 17.1 Å². The number of hydrogen-bond acceptors (Lipinski definition) is 9. The monoisotopic (exact) mass is 620 g/mol. The van der Waals surface area contributed by atoms with Crippen molar-refractivity contribution < 1.29 is 24.2 Å². The molecule has 2 amide bonds. The molecule has 0 saturated heterocycles. The highest BCUT2D eigenvalue weighted by Gasteiger charge is 2.23. The Morgan fingerprint density at radius 3 is 2.52 bits per heavy atom. The second kappa shape index (κ2) is 14.1. The van der Waals surface area contributed by atoms with Gasteiger partial charge in [0.2, 0.25) is 11.8 Å². The number of hydrogen-bond donors (Lipinski definition) is 3. The van der Waals surface area contributed by atoms with Crippen LogP contribution in [0.15, 0.2) is 60.9 Å². The van der Waals surface area contributed by atoms with Gasteiger partial charge in [-0.3, -0.25) is 14.3 Å². The molecule has 2 heterocycles. The van der Waals surface area contributed by atoms with Crippen molar-refractivity contribution >= 4 is 41.1 Å². The molecule has 2 aromatic carbocycles. The number of halogens is 1. The lowest BCUT2D eigenvalue weighted by atomic mass is 10.1. The number of nitrogens with zero attached hydrogens (tertiary/aromatic N) is 6. The summed E-state index contributed by atoms with van der Waals surface area (Å²) in [6, 6.07) is 12.1. The minimum Gasteiger partial charge on any atom is -0.456 e. The summed E-state index contributed by atoms with van der Waals surface area (Å²) in [6.45, 7) is 7.37. The maximum Gasteiger partial charge on any atom is 0.338 e. The van der Waals surface area contributed by atoms with Gasteiger partial charge in [-0.1, -0.05) is 11.6 Å². The van der Waals surface area contributed by atoms with Crippen LogP contribution >= 0.6 is 11.6 Å². The van der Waals surface area contributed by atoms with Crippen molar-refractivity contribution in [1.29, 1.82) is 0 Å². The number of amides is 2. The zero-order valence-electron chi connectivity index (χ0n) is 24.7. The number of aromatic nitrogens is 6. The Labute approximate surface area is 258 Å². The molecule has 14 heteroatoms. The van der Waals surface area contributed by atoms with Crippen molar-refractivity contribution in [3.05, 3.63) is 88.5 Å². The lowest BCUT2D eigenvalue weighted by Crippen LogP contribution is -2.44. The molecule has 2 aromatic heterocycles. The summed E-state index contributed by atoms with van der Waals surface area (Å²) in [5.74, 6) is -1.52. The molecule has 4 aromatic rings. The van der Waals surface area contributed by atoms with Crippen molar-refractivity contribution in [3.63, 3.8) is 0 Å². The number of rotatable bonds is 11. The molecule has 0 fully saturated rings. The van der Waals surface area contributed by atoms with Crippen molar-refractivity contribution in [2.45, 2.75) is 52.3 Å². The zero-order valence-corrected chi connectivity index (χ0v) is 25.4. The molecule has 1 unspecified atom stereocenters. The first-order valence-corrected chi connectivity index (χ1v) is 14.1. The lowest BCUT2D eigenvalue weighted by Gasteiger charge is -2.19. The van der Waals surface area contributed by atoms with Crippen LogP contribution in [0, 0.1) is 6.92 Å². The smallest absolute Gasteiger partial charge is 0.338 e. The summed E-state index contributed by atoms with van der Waals surface area (Å²) in [5.41, 5.74) is 2.63. The quantitative estimate of drug-likeness (QED) is 0.169. The predicted octanol–water partition coefficient (Wildman–Crippen LogP) is 3.15. The fraction of sp³-hybridized carbons (Fsp3) is 0.300. The molecule has 0 bridgehead atoms. The van der Waals surface area contributed by atoms with Crippen LogP contribution in [0.4, 0.5) is 5.69 Å². The van der Waals surface area contributed by atoms with E-state index in [1.807, 2.05) is 6.92 Å². The van der Waals surface area contributed by atoms with Gasteiger partial charge in [-0.15, -0.1) is 5.10 Å². The number of carbonyl (C=O) groups excluding carboxylic acids is 3. The van der Waals surface area contributed by atoms with Gasteiger partial charge >= 0.3 is 5.97 Å². The van der Waals surface area contributed by atoms with Crippen LogP contribution in [-0.4, -0.2) is 71.1 Å². The van der Waals surface area contributed by atoms with Crippen LogP contribution in [0.25, 0.3) is 11.8 Å². The maximum absolute atomic E-state index is 13.4. The Morgan fingerprint density at radius 2 is 1.86 bits per heavy atom. The Balaban J connectivity index is 1.53. The van der Waals surface area contributed by atoms with Gasteiger partial charge in [0.1, 0.15) is 18.0 Å². The first kappa shape index (κ1) is 32.0. The van der Waals surface area contributed by atoms with Crippen molar-refractivity contribution in [3.8, 4) is 5.69 Å². The van der Waals surface area contributed by atoms with E-state index in [9.17, 15) is 19.5 Å². The molecular weight excluding hydrogens is 588 g/mol. The minimum absolute atomic E-state index is 0.0771. The van der Waals surface area contributed by atoms with Gasteiger partial charge in [0.05, 0.1) is 30.1 Å². The van der Waals surface area contributed by atoms with Crippen LogP contribution < -0.4 is 10.6 Å². The molecular formula is C30H33ClN8O5. The second-order valence-electron chi connectivity index (χ2n) is 10.8. The number of aliphatic hydroxyl groups is 1. The number of aryl methyl sites for hydroxylation is 1. The molecule has 4 rings (SSSR count). The van der Waals surface area contributed by atoms with Crippen molar-refractivity contribution in [2.75, 3.05) is 11.9 Å². The van der Waals surface area contributed by atoms with Gasteiger partial charge in [0.15, 0.2) is 0 Å². The maximum atomic E-state index is 13.4. The number of anilines is 1. The number of esters is 1. The summed E-state index contributed by atoms with van der Waals surface area (Å²) in [4.78, 5) is 38.9. The number of ether oxygens (including phenoxy) is 1. The molecule has 44 heavy (non-hydrogen) atoms. The molecule has 0 spiro atoms. The summed E-state index contributed by atoms with van der Waals surface area (Å²) in [5, 5.41) is 31.0. The van der Waals surface area contributed by atoms with E-state index in [2.05, 4.69) is 31.3 Å². The van der Waals surface area contributed by atoms with E-state index < -0.39 is 29.4 Å². The first-order chi connectivity index (χ1) is 20.9. The van der Waals surface area contributed by atoms with Gasteiger partial charge in [0.25, 0.3) is 0 Å². The fourth-order valence-electron chi connectivity index (χ4n) is 4.20. The van der Waals surface area contributed by atoms with Gasteiger partial charge < -0.3 is 20.5 Å². The Kier molecular flexibility index (Phi) is 10.2. The zero-order chi connectivity index (χ0) is 31.9. The average molecular weight is 621 g/mol. The highest BCUT2D eigenvalue weighted by atomic mass is 35.5. The van der Waals surface area contributed by atoms with Crippen molar-refractivity contribution in [1.82, 2.24) is 35.3 Å². The molecule has 0 aliphatic rings. The fourth-order valence-corrected chi connectivity index (χ4v) is 4.38. The standard InChI is InChI=1S/C30H33ClN8O5/c1-19-15-24(35-38(19)13-14-40)17-25(28(42)33-23-9-5-20(6-10-23)29(43)44-30(2,3)4)34-27(41)12-7-21-16-22(31)8-11-26(21)39-18-32-36-37-39/h5-12,15-16,18,25,40H,13-14,17H2,1-4H3,(H,33,42)(H,34,41). The number of tetrazole rings is 1. The van der Waals surface area contributed by atoms with Crippen LogP contribution in [0.1, 0.15) is 48.1 Å². The Morgan fingerprint density at radius 1 is 1.11 bits per heavy atom. The summed E-state index contributed by atoms with van der Waals surface area (Å²) < 4.78 is 8.45. The third-order valence-corrected chi connectivity index (χ3v) is 6.41. The summed E-state index contributed by atoms with van der Waals surface area (Å²) >= 11 is 6.18. The van der Waals surface area contributed by atoms with Gasteiger partial charge in [-0.05, 0) is 92.7 Å². The van der Waals surface area contributed by atoms with Crippen LogP contribution in [-0.2, 0) is 27.3 Å². The third-order valence-electron chi connectivity index (χ3n) is 6.18. The first-order valence-electron chi connectivity index (χ1n) is 13.7. The molecule has 230 valence electrons. The van der Waals surface area contributed by atoms with Crippen LogP contribution in [0.2, 0.25) is 5.02 Å². The SMILES string of the molecule is Cc1cc(CC(NC(=O)C=Cc2cc(Cl)ccc2-n2cnnn2)C(=O)Nc2ccc(C(=O)OC(C)(C)C)cc2)nn1CCO. The molecule has 13 nitrogen and oxygen atoms in total. The number of aliphatic hydroxyl groups excluding tert-OH is 1. The Hall–Kier alpha value is -4.88. The molecule has 1 atom stereocenters. The Bertz CT molecular complexity index is 1640. The van der Waals surface area contributed by atoms with E-state index in [1.54, 1.807) is 80.1 Å². The highest BCUT2D eigenvalue weighted by molar-refractivity contribution is 6.30. The van der Waals surface area contributed by atoms with E-state index in [0.29, 0.717) is 39.8 Å². The van der Waals surface area contributed by atoms with E-state index in [4.69, 9.17) is 16.3 Å². The normalized spacial score (nSPS) is 12.2. The number of benzene rings is 2.